The summed E-state index contributed by atoms with van der Waals surface area (Å²) >= 11 is 5.87. The molecule has 0 saturated heterocycles. The zero-order valence-electron chi connectivity index (χ0n) is 16.1. The van der Waals surface area contributed by atoms with Gasteiger partial charge in [0.15, 0.2) is 0 Å². The van der Waals surface area contributed by atoms with E-state index in [1.54, 1.807) is 30.3 Å². The molecule has 150 valence electrons. The summed E-state index contributed by atoms with van der Waals surface area (Å²) < 4.78 is 14.7. The van der Waals surface area contributed by atoms with Crippen molar-refractivity contribution in [1.29, 1.82) is 0 Å². The lowest BCUT2D eigenvalue weighted by molar-refractivity contribution is 0.0948. The number of rotatable bonds is 4. The van der Waals surface area contributed by atoms with Crippen LogP contribution < -0.4 is 5.32 Å². The highest BCUT2D eigenvalue weighted by molar-refractivity contribution is 6.30. The first kappa shape index (κ1) is 19.9. The molecule has 6 heteroatoms. The van der Waals surface area contributed by atoms with Crippen molar-refractivity contribution in [3.63, 3.8) is 0 Å². The van der Waals surface area contributed by atoms with Crippen LogP contribution in [0.5, 0.6) is 5.75 Å². The van der Waals surface area contributed by atoms with Gasteiger partial charge in [-0.2, -0.15) is 0 Å². The van der Waals surface area contributed by atoms with Crippen molar-refractivity contribution in [3.8, 4) is 16.9 Å². The third-order valence-electron chi connectivity index (χ3n) is 4.96. The molecule has 4 aromatic rings. The fourth-order valence-corrected chi connectivity index (χ4v) is 3.47. The minimum atomic E-state index is -0.561. The number of nitrogens with zero attached hydrogens (tertiary/aromatic N) is 1. The molecular weight excluding hydrogens is 403 g/mol. The molecule has 0 bridgehead atoms. The average Bonchev–Trinajstić information content (AvgIpc) is 2.74. The molecule has 0 atom stereocenters. The fourth-order valence-electron chi connectivity index (χ4n) is 3.34. The number of nitrogens with one attached hydrogen (secondary N) is 1. The van der Waals surface area contributed by atoms with Gasteiger partial charge in [0.2, 0.25) is 0 Å². The number of aryl methyl sites for hydroxylation is 1. The maximum atomic E-state index is 14.7. The number of carbonyl (C=O) groups is 1. The number of fused-ring (bicyclic) bond motifs is 1. The second-order valence-corrected chi connectivity index (χ2v) is 7.44. The van der Waals surface area contributed by atoms with Crippen molar-refractivity contribution in [2.75, 3.05) is 0 Å². The highest BCUT2D eigenvalue weighted by atomic mass is 35.5. The fraction of sp³-hybridized carbons (Fsp3) is 0.0833. The van der Waals surface area contributed by atoms with Crippen LogP contribution in [0.1, 0.15) is 21.5 Å². The molecular formula is C24H18ClFN2O2. The monoisotopic (exact) mass is 420 g/mol. The highest BCUT2D eigenvalue weighted by Crippen LogP contribution is 2.34. The van der Waals surface area contributed by atoms with E-state index >= 15 is 0 Å². The first-order valence-corrected chi connectivity index (χ1v) is 9.71. The lowest BCUT2D eigenvalue weighted by Crippen LogP contribution is -2.23. The van der Waals surface area contributed by atoms with Crippen molar-refractivity contribution in [2.24, 2.45) is 0 Å². The average molecular weight is 421 g/mol. The Morgan fingerprint density at radius 3 is 2.60 bits per heavy atom. The van der Waals surface area contributed by atoms with Gasteiger partial charge in [0, 0.05) is 23.2 Å². The van der Waals surface area contributed by atoms with Gasteiger partial charge < -0.3 is 10.4 Å². The molecule has 0 fully saturated rings. The molecule has 4 nitrogen and oxygen atoms in total. The zero-order chi connectivity index (χ0) is 21.3. The smallest absolute Gasteiger partial charge is 0.256 e. The van der Waals surface area contributed by atoms with Gasteiger partial charge in [-0.1, -0.05) is 48.0 Å². The third-order valence-corrected chi connectivity index (χ3v) is 5.22. The van der Waals surface area contributed by atoms with E-state index in [-0.39, 0.29) is 28.8 Å². The van der Waals surface area contributed by atoms with E-state index in [9.17, 15) is 14.3 Å². The highest BCUT2D eigenvalue weighted by Gasteiger charge is 2.18. The summed E-state index contributed by atoms with van der Waals surface area (Å²) in [5.41, 5.74) is 3.27. The van der Waals surface area contributed by atoms with Crippen molar-refractivity contribution in [2.45, 2.75) is 13.5 Å². The zero-order valence-corrected chi connectivity index (χ0v) is 16.9. The predicted molar refractivity (Wildman–Crippen MR) is 116 cm³/mol. The third kappa shape index (κ3) is 3.84. The van der Waals surface area contributed by atoms with Gasteiger partial charge in [-0.15, -0.1) is 0 Å². The molecule has 0 aliphatic heterocycles. The number of benzene rings is 3. The quantitative estimate of drug-likeness (QED) is 0.449. The Labute approximate surface area is 178 Å². The number of pyridine rings is 1. The van der Waals surface area contributed by atoms with E-state index in [0.717, 1.165) is 16.7 Å². The summed E-state index contributed by atoms with van der Waals surface area (Å²) in [7, 11) is 0. The topological polar surface area (TPSA) is 62.2 Å². The molecule has 0 radical (unpaired) electrons. The van der Waals surface area contributed by atoms with Gasteiger partial charge >= 0.3 is 0 Å². The number of hydrogen-bond donors (Lipinski definition) is 2. The van der Waals surface area contributed by atoms with Crippen LogP contribution in [0, 0.1) is 12.7 Å². The first-order chi connectivity index (χ1) is 14.4. The second kappa shape index (κ2) is 8.13. The lowest BCUT2D eigenvalue weighted by atomic mass is 9.98. The molecule has 1 heterocycles. The van der Waals surface area contributed by atoms with Crippen LogP contribution in [0.25, 0.3) is 22.0 Å². The number of carbonyl (C=O) groups excluding carboxylic acids is 1. The number of aromatic hydroxyl groups is 1. The second-order valence-electron chi connectivity index (χ2n) is 7.00. The number of halogens is 2. The van der Waals surface area contributed by atoms with Gasteiger partial charge in [-0.3, -0.25) is 9.78 Å². The van der Waals surface area contributed by atoms with Crippen LogP contribution in [-0.4, -0.2) is 16.0 Å². The van der Waals surface area contributed by atoms with Crippen LogP contribution in [0.3, 0.4) is 0 Å². The Balaban J connectivity index is 1.69. The molecule has 0 spiro atoms. The minimum absolute atomic E-state index is 0.0130. The molecule has 1 amide bonds. The van der Waals surface area contributed by atoms with Gasteiger partial charge in [0.1, 0.15) is 22.6 Å². The molecule has 0 unspecified atom stereocenters. The Morgan fingerprint density at radius 2 is 1.87 bits per heavy atom. The lowest BCUT2D eigenvalue weighted by Gasteiger charge is -2.12. The maximum absolute atomic E-state index is 14.7. The molecule has 0 aliphatic rings. The van der Waals surface area contributed by atoms with Gasteiger partial charge in [0.25, 0.3) is 5.91 Å². The standard InChI is InChI=1S/C24H18ClFN2O2/c1-14-4-2-3-5-18(14)16-10-19-22(21(26)11-16)27-13-20(23(19)29)24(30)28-12-15-6-8-17(25)9-7-15/h2-11,13H,12H2,1H3,(H,27,29)(H,28,30). The normalized spacial score (nSPS) is 10.9. The van der Waals surface area contributed by atoms with E-state index in [2.05, 4.69) is 10.3 Å². The Bertz CT molecular complexity index is 1260. The largest absolute Gasteiger partial charge is 0.506 e. The molecule has 3 aromatic carbocycles. The summed E-state index contributed by atoms with van der Waals surface area (Å²) in [6.45, 7) is 2.18. The van der Waals surface area contributed by atoms with Crippen molar-refractivity contribution in [1.82, 2.24) is 10.3 Å². The van der Waals surface area contributed by atoms with E-state index in [0.29, 0.717) is 10.6 Å². The molecule has 0 aliphatic carbocycles. The van der Waals surface area contributed by atoms with Crippen molar-refractivity contribution >= 4 is 28.4 Å². The van der Waals surface area contributed by atoms with Gasteiger partial charge in [-0.25, -0.2) is 4.39 Å². The van der Waals surface area contributed by atoms with Crippen molar-refractivity contribution < 1.29 is 14.3 Å². The molecule has 30 heavy (non-hydrogen) atoms. The van der Waals surface area contributed by atoms with E-state index in [1.807, 2.05) is 31.2 Å². The number of aromatic nitrogens is 1. The molecule has 1 aromatic heterocycles. The maximum Gasteiger partial charge on any atom is 0.256 e. The summed E-state index contributed by atoms with van der Waals surface area (Å²) in [6.07, 6.45) is 1.19. The number of hydrogen-bond acceptors (Lipinski definition) is 3. The van der Waals surface area contributed by atoms with Gasteiger partial charge in [0.05, 0.1) is 0 Å². The SMILES string of the molecule is Cc1ccccc1-c1cc(F)c2ncc(C(=O)NCc3ccc(Cl)cc3)c(O)c2c1. The summed E-state index contributed by atoms with van der Waals surface area (Å²) in [5, 5.41) is 14.3. The van der Waals surface area contributed by atoms with Gasteiger partial charge in [-0.05, 0) is 53.4 Å². The van der Waals surface area contributed by atoms with Crippen LogP contribution in [0.4, 0.5) is 4.39 Å². The molecule has 2 N–H and O–H groups in total. The van der Waals surface area contributed by atoms with Crippen LogP contribution in [0.15, 0.2) is 66.9 Å². The van der Waals surface area contributed by atoms with Crippen molar-refractivity contribution in [3.05, 3.63) is 94.4 Å². The van der Waals surface area contributed by atoms with E-state index in [1.165, 1.54) is 12.3 Å². The Hall–Kier alpha value is -3.44. The van der Waals surface area contributed by atoms with Crippen LogP contribution in [-0.2, 0) is 6.54 Å². The Morgan fingerprint density at radius 1 is 1.13 bits per heavy atom. The van der Waals surface area contributed by atoms with Crippen LogP contribution >= 0.6 is 11.6 Å². The van der Waals surface area contributed by atoms with E-state index < -0.39 is 11.7 Å². The first-order valence-electron chi connectivity index (χ1n) is 9.34. The summed E-state index contributed by atoms with van der Waals surface area (Å²) in [4.78, 5) is 16.7. The summed E-state index contributed by atoms with van der Waals surface area (Å²) in [5.74, 6) is -1.37. The Kier molecular flexibility index (Phi) is 5.38. The molecule has 0 saturated carbocycles. The molecule has 4 rings (SSSR count). The predicted octanol–water partition coefficient (Wildman–Crippen LogP) is 5.64. The number of amides is 1. The minimum Gasteiger partial charge on any atom is -0.506 e. The summed E-state index contributed by atoms with van der Waals surface area (Å²) in [6, 6.07) is 17.7. The van der Waals surface area contributed by atoms with Crippen LogP contribution in [0.2, 0.25) is 5.02 Å². The van der Waals surface area contributed by atoms with E-state index in [4.69, 9.17) is 11.6 Å².